The summed E-state index contributed by atoms with van der Waals surface area (Å²) in [5.74, 6) is 1.50. The number of anilines is 1. The average molecular weight is 248 g/mol. The van der Waals surface area contributed by atoms with Crippen LogP contribution in [0.1, 0.15) is 33.1 Å². The molecule has 2 rings (SSSR count). The number of rotatable bonds is 3. The van der Waals surface area contributed by atoms with Gasteiger partial charge in [0.15, 0.2) is 0 Å². The maximum atomic E-state index is 10.7. The lowest BCUT2D eigenvalue weighted by Gasteiger charge is -2.33. The average Bonchev–Trinajstić information content (AvgIpc) is 2.34. The number of nitro groups is 1. The van der Waals surface area contributed by atoms with Crippen LogP contribution in [0, 0.1) is 22.0 Å². The molecule has 1 saturated carbocycles. The van der Waals surface area contributed by atoms with Gasteiger partial charge in [0, 0.05) is 23.9 Å². The third kappa shape index (κ3) is 3.00. The van der Waals surface area contributed by atoms with Gasteiger partial charge in [-0.3, -0.25) is 10.1 Å². The van der Waals surface area contributed by atoms with Crippen molar-refractivity contribution in [2.24, 2.45) is 11.8 Å². The van der Waals surface area contributed by atoms with E-state index in [-0.39, 0.29) is 10.6 Å². The predicted octanol–water partition coefficient (Wildman–Crippen LogP) is 3.83. The number of nitrogens with one attached hydrogen (secondary N) is 1. The zero-order valence-corrected chi connectivity index (χ0v) is 10.9. The highest BCUT2D eigenvalue weighted by Gasteiger charge is 2.24. The summed E-state index contributed by atoms with van der Waals surface area (Å²) in [6.45, 7) is 4.58. The fraction of sp³-hybridized carbons (Fsp3) is 0.571. The predicted molar refractivity (Wildman–Crippen MR) is 72.7 cm³/mol. The molecule has 98 valence electrons. The minimum atomic E-state index is -0.350. The van der Waals surface area contributed by atoms with Gasteiger partial charge in [0.2, 0.25) is 0 Å². The van der Waals surface area contributed by atoms with Gasteiger partial charge in [0.1, 0.15) is 0 Å². The van der Waals surface area contributed by atoms with Gasteiger partial charge in [0.25, 0.3) is 5.69 Å². The Balaban J connectivity index is 2.01. The molecule has 0 spiro atoms. The summed E-state index contributed by atoms with van der Waals surface area (Å²) in [5.41, 5.74) is 1.01. The Hall–Kier alpha value is -1.58. The number of benzene rings is 1. The molecule has 1 fully saturated rings. The van der Waals surface area contributed by atoms with Gasteiger partial charge in [-0.15, -0.1) is 0 Å². The van der Waals surface area contributed by atoms with Crippen molar-refractivity contribution in [2.75, 3.05) is 5.32 Å². The second-order valence-corrected chi connectivity index (χ2v) is 5.42. The van der Waals surface area contributed by atoms with Crippen LogP contribution in [0.5, 0.6) is 0 Å². The molecule has 18 heavy (non-hydrogen) atoms. The van der Waals surface area contributed by atoms with Gasteiger partial charge in [-0.25, -0.2) is 0 Å². The normalized spacial score (nSPS) is 27.8. The van der Waals surface area contributed by atoms with E-state index in [0.29, 0.717) is 6.04 Å². The lowest BCUT2D eigenvalue weighted by Crippen LogP contribution is -2.30. The summed E-state index contributed by atoms with van der Waals surface area (Å²) < 4.78 is 0. The molecule has 3 unspecified atom stereocenters. The number of nitro benzene ring substituents is 1. The lowest BCUT2D eigenvalue weighted by atomic mass is 9.79. The van der Waals surface area contributed by atoms with E-state index in [1.165, 1.54) is 12.5 Å². The van der Waals surface area contributed by atoms with Crippen LogP contribution in [0.3, 0.4) is 0 Å². The van der Waals surface area contributed by atoms with Crippen LogP contribution >= 0.6 is 0 Å². The molecule has 1 aromatic carbocycles. The molecule has 1 aliphatic carbocycles. The smallest absolute Gasteiger partial charge is 0.271 e. The summed E-state index contributed by atoms with van der Waals surface area (Å²) in [7, 11) is 0. The lowest BCUT2D eigenvalue weighted by molar-refractivity contribution is -0.384. The Kier molecular flexibility index (Phi) is 3.84. The number of nitrogens with zero attached hydrogens (tertiary/aromatic N) is 1. The number of hydrogen-bond acceptors (Lipinski definition) is 3. The van der Waals surface area contributed by atoms with Crippen molar-refractivity contribution in [3.8, 4) is 0 Å². The van der Waals surface area contributed by atoms with E-state index in [4.69, 9.17) is 0 Å². The van der Waals surface area contributed by atoms with Crippen molar-refractivity contribution >= 4 is 11.4 Å². The van der Waals surface area contributed by atoms with Crippen molar-refractivity contribution in [1.29, 1.82) is 0 Å². The molecule has 0 aromatic heterocycles. The first-order chi connectivity index (χ1) is 8.56. The molecule has 0 heterocycles. The van der Waals surface area contributed by atoms with E-state index in [0.717, 1.165) is 30.4 Å². The van der Waals surface area contributed by atoms with Crippen LogP contribution in [0.25, 0.3) is 0 Å². The van der Waals surface area contributed by atoms with E-state index >= 15 is 0 Å². The zero-order chi connectivity index (χ0) is 13.1. The molecule has 4 heteroatoms. The van der Waals surface area contributed by atoms with E-state index in [2.05, 4.69) is 19.2 Å². The van der Waals surface area contributed by atoms with Crippen LogP contribution in [0.2, 0.25) is 0 Å². The minimum absolute atomic E-state index is 0.150. The van der Waals surface area contributed by atoms with E-state index in [9.17, 15) is 10.1 Å². The molecule has 1 aromatic rings. The monoisotopic (exact) mass is 248 g/mol. The largest absolute Gasteiger partial charge is 0.382 e. The molecule has 0 saturated heterocycles. The molecular formula is C14H20N2O2. The van der Waals surface area contributed by atoms with Gasteiger partial charge in [-0.05, 0) is 37.2 Å². The molecule has 1 N–H and O–H groups in total. The molecule has 0 radical (unpaired) electrons. The first-order valence-electron chi connectivity index (χ1n) is 6.57. The highest BCUT2D eigenvalue weighted by Crippen LogP contribution is 2.31. The SMILES string of the molecule is CC1CCC(Nc2cccc([N+](=O)[O-])c2)CC1C. The summed E-state index contributed by atoms with van der Waals surface area (Å²) in [6.07, 6.45) is 3.52. The second-order valence-electron chi connectivity index (χ2n) is 5.42. The van der Waals surface area contributed by atoms with Crippen molar-refractivity contribution in [2.45, 2.75) is 39.2 Å². The van der Waals surface area contributed by atoms with Crippen LogP contribution in [-0.2, 0) is 0 Å². The van der Waals surface area contributed by atoms with Gasteiger partial charge >= 0.3 is 0 Å². The molecular weight excluding hydrogens is 228 g/mol. The third-order valence-corrected chi connectivity index (χ3v) is 4.03. The Labute approximate surface area is 108 Å². The molecule has 0 aliphatic heterocycles. The van der Waals surface area contributed by atoms with Crippen LogP contribution in [-0.4, -0.2) is 11.0 Å². The Morgan fingerprint density at radius 2 is 2.06 bits per heavy atom. The van der Waals surface area contributed by atoms with Crippen molar-refractivity contribution < 1.29 is 4.92 Å². The van der Waals surface area contributed by atoms with E-state index in [1.54, 1.807) is 12.1 Å². The Bertz CT molecular complexity index is 434. The highest BCUT2D eigenvalue weighted by molar-refractivity contribution is 5.51. The fourth-order valence-corrected chi connectivity index (χ4v) is 2.62. The summed E-state index contributed by atoms with van der Waals surface area (Å²) >= 11 is 0. The Morgan fingerprint density at radius 3 is 2.72 bits per heavy atom. The summed E-state index contributed by atoms with van der Waals surface area (Å²) in [4.78, 5) is 10.4. The van der Waals surface area contributed by atoms with Crippen LogP contribution < -0.4 is 5.32 Å². The number of hydrogen-bond donors (Lipinski definition) is 1. The molecule has 0 amide bonds. The standard InChI is InChI=1S/C14H20N2O2/c1-10-6-7-13(8-11(10)2)15-12-4-3-5-14(9-12)16(17)18/h3-5,9-11,13,15H,6-8H2,1-2H3. The topological polar surface area (TPSA) is 55.2 Å². The van der Waals surface area contributed by atoms with Crippen LogP contribution in [0.15, 0.2) is 24.3 Å². The van der Waals surface area contributed by atoms with Gasteiger partial charge in [-0.1, -0.05) is 19.9 Å². The van der Waals surface area contributed by atoms with Crippen molar-refractivity contribution in [3.05, 3.63) is 34.4 Å². The minimum Gasteiger partial charge on any atom is -0.382 e. The molecule has 0 bridgehead atoms. The highest BCUT2D eigenvalue weighted by atomic mass is 16.6. The Morgan fingerprint density at radius 1 is 1.28 bits per heavy atom. The third-order valence-electron chi connectivity index (χ3n) is 4.03. The first-order valence-corrected chi connectivity index (χ1v) is 6.57. The van der Waals surface area contributed by atoms with Gasteiger partial charge in [0.05, 0.1) is 4.92 Å². The number of non-ortho nitro benzene ring substituents is 1. The van der Waals surface area contributed by atoms with E-state index in [1.807, 2.05) is 6.07 Å². The van der Waals surface area contributed by atoms with Crippen molar-refractivity contribution in [3.63, 3.8) is 0 Å². The maximum Gasteiger partial charge on any atom is 0.271 e. The maximum absolute atomic E-state index is 10.7. The second kappa shape index (κ2) is 5.38. The fourth-order valence-electron chi connectivity index (χ4n) is 2.62. The van der Waals surface area contributed by atoms with Crippen LogP contribution in [0.4, 0.5) is 11.4 Å². The van der Waals surface area contributed by atoms with E-state index < -0.39 is 0 Å². The molecule has 3 atom stereocenters. The molecule has 4 nitrogen and oxygen atoms in total. The quantitative estimate of drug-likeness (QED) is 0.653. The first kappa shape index (κ1) is 12.9. The van der Waals surface area contributed by atoms with Gasteiger partial charge in [-0.2, -0.15) is 0 Å². The summed E-state index contributed by atoms with van der Waals surface area (Å²) in [5, 5.41) is 14.1. The summed E-state index contributed by atoms with van der Waals surface area (Å²) in [6, 6.07) is 7.21. The molecule has 1 aliphatic rings. The van der Waals surface area contributed by atoms with Gasteiger partial charge < -0.3 is 5.32 Å². The zero-order valence-electron chi connectivity index (χ0n) is 10.9. The van der Waals surface area contributed by atoms with Crippen molar-refractivity contribution in [1.82, 2.24) is 0 Å².